The van der Waals surface area contributed by atoms with Crippen LogP contribution in [-0.4, -0.2) is 49.6 Å². The molecule has 1 aliphatic heterocycles. The number of sulfonamides is 1. The van der Waals surface area contributed by atoms with Crippen LogP contribution in [0, 0.1) is 24.7 Å². The van der Waals surface area contributed by atoms with E-state index < -0.39 is 10.0 Å². The van der Waals surface area contributed by atoms with Gasteiger partial charge in [-0.25, -0.2) is 12.7 Å². The molecule has 212 valence electrons. The van der Waals surface area contributed by atoms with Gasteiger partial charge in [-0.3, -0.25) is 9.59 Å². The zero-order chi connectivity index (χ0) is 28.3. The number of amides is 1. The molecular weight excluding hydrogens is 514 g/mol. The lowest BCUT2D eigenvalue weighted by Crippen LogP contribution is -2.41. The topological polar surface area (TPSA) is 109 Å². The van der Waals surface area contributed by atoms with Gasteiger partial charge in [-0.2, -0.15) is 0 Å². The number of aromatic amines is 1. The summed E-state index contributed by atoms with van der Waals surface area (Å²) in [5.41, 5.74) is 4.62. The van der Waals surface area contributed by atoms with E-state index in [9.17, 15) is 18.0 Å². The first-order valence-corrected chi connectivity index (χ1v) is 15.5. The van der Waals surface area contributed by atoms with Gasteiger partial charge in [-0.15, -0.1) is 0 Å². The van der Waals surface area contributed by atoms with E-state index in [0.717, 1.165) is 42.4 Å². The number of ether oxygens (including phenoxy) is 1. The predicted octanol–water partition coefficient (Wildman–Crippen LogP) is 4.04. The number of allylic oxidation sites excluding steroid dienone is 1. The van der Waals surface area contributed by atoms with Crippen LogP contribution < -0.4 is 15.6 Å². The first kappa shape index (κ1) is 29.1. The maximum atomic E-state index is 13.8. The Morgan fingerprint density at radius 2 is 1.87 bits per heavy atom. The summed E-state index contributed by atoms with van der Waals surface area (Å²) >= 11 is 0. The molecule has 0 saturated carbocycles. The molecule has 2 atom stereocenters. The average molecular weight is 556 g/mol. The number of pyridine rings is 1. The lowest BCUT2D eigenvalue weighted by atomic mass is 9.73. The highest BCUT2D eigenvalue weighted by molar-refractivity contribution is 7.89. The summed E-state index contributed by atoms with van der Waals surface area (Å²) in [6.07, 6.45) is 3.46. The summed E-state index contributed by atoms with van der Waals surface area (Å²) in [6.45, 7) is 8.97. The van der Waals surface area contributed by atoms with E-state index in [-0.39, 0.29) is 29.7 Å². The standard InChI is InChI=1S/C30H41N3O5S/c1-6-39(36,37)33-15-13-22(14-16-33)20(3)24-12-11-23-9-7-8-10-25(23)28(21(24)4)30(35)31-18-26-27(38-5)17-19(2)32-29(26)34/h7-10,17,20,22,24H,6,11-16,18H2,1-5H3,(H,31,35)(H,32,34)/t20-,24?/m1/s1. The highest BCUT2D eigenvalue weighted by atomic mass is 32.2. The molecule has 1 unspecified atom stereocenters. The number of piperidine rings is 1. The molecule has 2 N–H and O–H groups in total. The largest absolute Gasteiger partial charge is 0.496 e. The van der Waals surface area contributed by atoms with Crippen molar-refractivity contribution in [3.05, 3.63) is 68.6 Å². The number of hydrogen-bond acceptors (Lipinski definition) is 5. The van der Waals surface area contributed by atoms with E-state index in [1.54, 1.807) is 24.2 Å². The third-order valence-electron chi connectivity index (χ3n) is 8.70. The monoisotopic (exact) mass is 555 g/mol. The molecular formula is C30H41N3O5S. The summed E-state index contributed by atoms with van der Waals surface area (Å²) in [4.78, 5) is 29.2. The summed E-state index contributed by atoms with van der Waals surface area (Å²) < 4.78 is 31.8. The lowest BCUT2D eigenvalue weighted by molar-refractivity contribution is -0.115. The molecule has 0 radical (unpaired) electrons. The minimum atomic E-state index is -3.17. The van der Waals surface area contributed by atoms with Crippen LogP contribution in [-0.2, 0) is 27.8 Å². The van der Waals surface area contributed by atoms with Crippen molar-refractivity contribution >= 4 is 21.5 Å². The maximum Gasteiger partial charge on any atom is 0.256 e. The summed E-state index contributed by atoms with van der Waals surface area (Å²) in [7, 11) is -1.65. The molecule has 2 heterocycles. The van der Waals surface area contributed by atoms with Crippen molar-refractivity contribution in [1.29, 1.82) is 0 Å². The minimum Gasteiger partial charge on any atom is -0.496 e. The van der Waals surface area contributed by atoms with Crippen LogP contribution in [0.4, 0.5) is 0 Å². The van der Waals surface area contributed by atoms with Crippen molar-refractivity contribution in [2.45, 2.75) is 59.9 Å². The zero-order valence-electron chi connectivity index (χ0n) is 23.7. The lowest BCUT2D eigenvalue weighted by Gasteiger charge is -2.37. The van der Waals surface area contributed by atoms with Crippen LogP contribution in [0.15, 0.2) is 40.7 Å². The second kappa shape index (κ2) is 12.1. The normalized spacial score (nSPS) is 19.8. The van der Waals surface area contributed by atoms with Crippen LogP contribution >= 0.6 is 0 Å². The molecule has 8 nitrogen and oxygen atoms in total. The zero-order valence-corrected chi connectivity index (χ0v) is 24.5. The van der Waals surface area contributed by atoms with Crippen LogP contribution in [0.2, 0.25) is 0 Å². The number of nitrogens with zero attached hydrogens (tertiary/aromatic N) is 1. The SMILES string of the molecule is CCS(=O)(=O)N1CCC([C@@H](C)C2CCc3ccccc3C(C(=O)NCc3c(OC)cc(C)[nH]c3=O)=C2C)CC1. The quantitative estimate of drug-likeness (QED) is 0.511. The number of aromatic nitrogens is 1. The Morgan fingerprint density at radius 3 is 2.54 bits per heavy atom. The number of methoxy groups -OCH3 is 1. The molecule has 1 fully saturated rings. The number of hydrogen-bond donors (Lipinski definition) is 2. The molecule has 2 aliphatic rings. The summed E-state index contributed by atoms with van der Waals surface area (Å²) in [6, 6.07) is 9.82. The van der Waals surface area contributed by atoms with Gasteiger partial charge < -0.3 is 15.0 Å². The first-order valence-electron chi connectivity index (χ1n) is 13.9. The molecule has 4 rings (SSSR count). The van der Waals surface area contributed by atoms with Crippen molar-refractivity contribution < 1.29 is 17.9 Å². The van der Waals surface area contributed by atoms with Crippen LogP contribution in [0.25, 0.3) is 5.57 Å². The van der Waals surface area contributed by atoms with E-state index in [1.807, 2.05) is 18.2 Å². The van der Waals surface area contributed by atoms with E-state index in [4.69, 9.17) is 4.74 Å². The molecule has 9 heteroatoms. The molecule has 1 amide bonds. The Kier molecular flexibility index (Phi) is 9.01. The van der Waals surface area contributed by atoms with Crippen molar-refractivity contribution in [2.75, 3.05) is 26.0 Å². The second-order valence-electron chi connectivity index (χ2n) is 10.9. The third-order valence-corrected chi connectivity index (χ3v) is 10.6. The van der Waals surface area contributed by atoms with E-state index in [2.05, 4.69) is 30.2 Å². The number of benzene rings is 1. The van der Waals surface area contributed by atoms with Crippen LogP contribution in [0.1, 0.15) is 62.4 Å². The fourth-order valence-electron chi connectivity index (χ4n) is 6.35. The fourth-order valence-corrected chi connectivity index (χ4v) is 7.48. The Morgan fingerprint density at radius 1 is 1.18 bits per heavy atom. The number of carbonyl (C=O) groups is 1. The Labute approximate surface area is 231 Å². The number of nitrogens with one attached hydrogen (secondary N) is 2. The van der Waals surface area contributed by atoms with Gasteiger partial charge >= 0.3 is 0 Å². The van der Waals surface area contributed by atoms with E-state index >= 15 is 0 Å². The van der Waals surface area contributed by atoms with Crippen molar-refractivity contribution in [2.24, 2.45) is 17.8 Å². The molecule has 1 aromatic carbocycles. The summed E-state index contributed by atoms with van der Waals surface area (Å²) in [5, 5.41) is 3.00. The smallest absolute Gasteiger partial charge is 0.256 e. The van der Waals surface area contributed by atoms with E-state index in [0.29, 0.717) is 47.5 Å². The van der Waals surface area contributed by atoms with Crippen molar-refractivity contribution in [3.63, 3.8) is 0 Å². The minimum absolute atomic E-state index is 0.0567. The first-order chi connectivity index (χ1) is 18.6. The Bertz CT molecular complexity index is 1400. The second-order valence-corrected chi connectivity index (χ2v) is 13.1. The van der Waals surface area contributed by atoms with Crippen molar-refractivity contribution in [3.8, 4) is 5.75 Å². The molecule has 0 bridgehead atoms. The van der Waals surface area contributed by atoms with Crippen LogP contribution in [0.3, 0.4) is 0 Å². The van der Waals surface area contributed by atoms with Gasteiger partial charge in [-0.1, -0.05) is 36.8 Å². The number of aryl methyl sites for hydroxylation is 2. The highest BCUT2D eigenvalue weighted by Crippen LogP contribution is 2.42. The average Bonchev–Trinajstić information content (AvgIpc) is 3.07. The molecule has 0 spiro atoms. The van der Waals surface area contributed by atoms with Gasteiger partial charge in [0, 0.05) is 24.4 Å². The molecule has 2 aromatic rings. The Hall–Kier alpha value is -2.91. The van der Waals surface area contributed by atoms with Gasteiger partial charge in [0.1, 0.15) is 5.75 Å². The number of H-pyrrole nitrogens is 1. The predicted molar refractivity (Wildman–Crippen MR) is 154 cm³/mol. The van der Waals surface area contributed by atoms with Gasteiger partial charge in [0.15, 0.2) is 0 Å². The van der Waals surface area contributed by atoms with Gasteiger partial charge in [0.05, 0.1) is 25.0 Å². The highest BCUT2D eigenvalue weighted by Gasteiger charge is 2.35. The van der Waals surface area contributed by atoms with Gasteiger partial charge in [0.2, 0.25) is 10.0 Å². The third kappa shape index (κ3) is 6.14. The number of carbonyl (C=O) groups excluding carboxylic acids is 1. The fraction of sp³-hybridized carbons (Fsp3) is 0.533. The van der Waals surface area contributed by atoms with E-state index in [1.165, 1.54) is 7.11 Å². The van der Waals surface area contributed by atoms with Gasteiger partial charge in [0.25, 0.3) is 11.5 Å². The van der Waals surface area contributed by atoms with Gasteiger partial charge in [-0.05, 0) is 81.4 Å². The Balaban J connectivity index is 1.60. The van der Waals surface area contributed by atoms with Crippen LogP contribution in [0.5, 0.6) is 5.75 Å². The molecule has 1 saturated heterocycles. The molecule has 39 heavy (non-hydrogen) atoms. The summed E-state index contributed by atoms with van der Waals surface area (Å²) in [5.74, 6) is 1.25. The number of fused-ring (bicyclic) bond motifs is 1. The maximum absolute atomic E-state index is 13.8. The van der Waals surface area contributed by atoms with Crippen molar-refractivity contribution in [1.82, 2.24) is 14.6 Å². The molecule has 1 aliphatic carbocycles. The number of rotatable bonds is 8. The molecule has 1 aromatic heterocycles.